The van der Waals surface area contributed by atoms with E-state index in [1.54, 1.807) is 13.0 Å². The molecule has 110 valence electrons. The third kappa shape index (κ3) is 3.28. The molecule has 5 nitrogen and oxygen atoms in total. The standard InChI is InChI=1S/C15H15FN2O3/c1-9-12(6-11(17)7-18-9)15(19)21-8-10-4-3-5-13(20-2)14(10)16/h3-7H,8,17H2,1-2H3. The molecule has 0 atom stereocenters. The van der Waals surface area contributed by atoms with Crippen molar-refractivity contribution in [1.29, 1.82) is 0 Å². The summed E-state index contributed by atoms with van der Waals surface area (Å²) in [5.74, 6) is -1.05. The molecule has 0 aliphatic heterocycles. The molecule has 2 aromatic rings. The number of nitrogen functional groups attached to an aromatic ring is 1. The average Bonchev–Trinajstić information content (AvgIpc) is 2.48. The topological polar surface area (TPSA) is 74.4 Å². The van der Waals surface area contributed by atoms with E-state index in [-0.39, 0.29) is 23.5 Å². The van der Waals surface area contributed by atoms with E-state index in [1.807, 2.05) is 0 Å². The van der Waals surface area contributed by atoms with Gasteiger partial charge in [-0.05, 0) is 19.1 Å². The highest BCUT2D eigenvalue weighted by atomic mass is 19.1. The summed E-state index contributed by atoms with van der Waals surface area (Å²) >= 11 is 0. The molecule has 0 aliphatic rings. The summed E-state index contributed by atoms with van der Waals surface area (Å²) < 4.78 is 23.9. The average molecular weight is 290 g/mol. The first-order valence-electron chi connectivity index (χ1n) is 6.23. The van der Waals surface area contributed by atoms with Crippen LogP contribution in [0.15, 0.2) is 30.5 Å². The van der Waals surface area contributed by atoms with Gasteiger partial charge in [-0.15, -0.1) is 0 Å². The van der Waals surface area contributed by atoms with Crippen LogP contribution in [0.2, 0.25) is 0 Å². The summed E-state index contributed by atoms with van der Waals surface area (Å²) in [7, 11) is 1.37. The van der Waals surface area contributed by atoms with Crippen LogP contribution in [0.3, 0.4) is 0 Å². The van der Waals surface area contributed by atoms with Crippen LogP contribution < -0.4 is 10.5 Å². The van der Waals surface area contributed by atoms with Gasteiger partial charge >= 0.3 is 5.97 Å². The van der Waals surface area contributed by atoms with Gasteiger partial charge in [0.2, 0.25) is 0 Å². The van der Waals surface area contributed by atoms with Crippen molar-refractivity contribution in [2.45, 2.75) is 13.5 Å². The van der Waals surface area contributed by atoms with E-state index in [9.17, 15) is 9.18 Å². The molecule has 0 saturated carbocycles. The highest BCUT2D eigenvalue weighted by Gasteiger charge is 2.14. The number of rotatable bonds is 4. The van der Waals surface area contributed by atoms with E-state index in [2.05, 4.69) is 4.98 Å². The van der Waals surface area contributed by atoms with E-state index in [0.29, 0.717) is 11.4 Å². The van der Waals surface area contributed by atoms with Crippen LogP contribution in [0.5, 0.6) is 5.75 Å². The number of hydrogen-bond acceptors (Lipinski definition) is 5. The maximum absolute atomic E-state index is 13.9. The van der Waals surface area contributed by atoms with Crippen LogP contribution in [0.4, 0.5) is 10.1 Å². The van der Waals surface area contributed by atoms with Gasteiger partial charge in [0.1, 0.15) is 6.61 Å². The van der Waals surface area contributed by atoms with Crippen LogP contribution in [0.1, 0.15) is 21.6 Å². The summed E-state index contributed by atoms with van der Waals surface area (Å²) in [6, 6.07) is 6.12. The molecule has 0 saturated heterocycles. The minimum absolute atomic E-state index is 0.102. The van der Waals surface area contributed by atoms with Crippen LogP contribution in [-0.4, -0.2) is 18.1 Å². The van der Waals surface area contributed by atoms with Gasteiger partial charge in [-0.25, -0.2) is 9.18 Å². The lowest BCUT2D eigenvalue weighted by Gasteiger charge is -2.09. The largest absolute Gasteiger partial charge is 0.494 e. The van der Waals surface area contributed by atoms with E-state index in [4.69, 9.17) is 15.2 Å². The zero-order chi connectivity index (χ0) is 15.4. The molecule has 0 bridgehead atoms. The number of nitrogens with two attached hydrogens (primary N) is 1. The molecule has 1 aromatic carbocycles. The number of nitrogens with zero attached hydrogens (tertiary/aromatic N) is 1. The number of carbonyl (C=O) groups excluding carboxylic acids is 1. The van der Waals surface area contributed by atoms with Crippen LogP contribution in [-0.2, 0) is 11.3 Å². The first-order valence-corrected chi connectivity index (χ1v) is 6.23. The zero-order valence-electron chi connectivity index (χ0n) is 11.7. The quantitative estimate of drug-likeness (QED) is 0.876. The van der Waals surface area contributed by atoms with Gasteiger partial charge in [0.05, 0.1) is 30.3 Å². The third-order valence-electron chi connectivity index (χ3n) is 2.95. The normalized spacial score (nSPS) is 10.2. The number of carbonyl (C=O) groups is 1. The zero-order valence-corrected chi connectivity index (χ0v) is 11.7. The number of aromatic nitrogens is 1. The Morgan fingerprint density at radius 3 is 2.90 bits per heavy atom. The Bertz CT molecular complexity index is 674. The van der Waals surface area contributed by atoms with Gasteiger partial charge < -0.3 is 15.2 Å². The third-order valence-corrected chi connectivity index (χ3v) is 2.95. The van der Waals surface area contributed by atoms with Gasteiger partial charge in [-0.2, -0.15) is 0 Å². The fourth-order valence-corrected chi connectivity index (χ4v) is 1.80. The van der Waals surface area contributed by atoms with Crippen LogP contribution in [0.25, 0.3) is 0 Å². The second-order valence-corrected chi connectivity index (χ2v) is 4.41. The minimum atomic E-state index is -0.602. The van der Waals surface area contributed by atoms with E-state index in [0.717, 1.165) is 0 Å². The fraction of sp³-hybridized carbons (Fsp3) is 0.200. The van der Waals surface area contributed by atoms with Gasteiger partial charge in [-0.1, -0.05) is 12.1 Å². The lowest BCUT2D eigenvalue weighted by Crippen LogP contribution is -2.10. The van der Waals surface area contributed by atoms with Gasteiger partial charge in [-0.3, -0.25) is 4.98 Å². The Kier molecular flexibility index (Phi) is 4.37. The molecule has 1 aromatic heterocycles. The number of anilines is 1. The molecule has 0 unspecified atom stereocenters. The van der Waals surface area contributed by atoms with Gasteiger partial charge in [0.15, 0.2) is 11.6 Å². The highest BCUT2D eigenvalue weighted by Crippen LogP contribution is 2.21. The SMILES string of the molecule is COc1cccc(COC(=O)c2cc(N)cnc2C)c1F. The smallest absolute Gasteiger partial charge is 0.340 e. The number of pyridine rings is 1. The molecule has 6 heteroatoms. The first-order chi connectivity index (χ1) is 10.0. The summed E-state index contributed by atoms with van der Waals surface area (Å²) in [5.41, 5.74) is 6.95. The number of benzene rings is 1. The molecule has 0 spiro atoms. The molecule has 2 rings (SSSR count). The number of esters is 1. The van der Waals surface area contributed by atoms with Crippen molar-refractivity contribution < 1.29 is 18.7 Å². The van der Waals surface area contributed by atoms with Crippen molar-refractivity contribution in [3.8, 4) is 5.75 Å². The predicted octanol–water partition coefficient (Wildman–Crippen LogP) is 2.48. The summed E-state index contributed by atoms with van der Waals surface area (Å²) in [6.45, 7) is 1.47. The second-order valence-electron chi connectivity index (χ2n) is 4.41. The van der Waals surface area contributed by atoms with Gasteiger partial charge in [0, 0.05) is 5.56 Å². The van der Waals surface area contributed by atoms with E-state index in [1.165, 1.54) is 31.5 Å². The number of halogens is 1. The monoisotopic (exact) mass is 290 g/mol. The molecule has 0 fully saturated rings. The number of aryl methyl sites for hydroxylation is 1. The summed E-state index contributed by atoms with van der Waals surface area (Å²) in [5, 5.41) is 0. The number of methoxy groups -OCH3 is 1. The molecule has 21 heavy (non-hydrogen) atoms. The highest BCUT2D eigenvalue weighted by molar-refractivity contribution is 5.91. The van der Waals surface area contributed by atoms with E-state index >= 15 is 0 Å². The van der Waals surface area contributed by atoms with Crippen LogP contribution >= 0.6 is 0 Å². The second kappa shape index (κ2) is 6.21. The molecular weight excluding hydrogens is 275 g/mol. The molecular formula is C15H15FN2O3. The van der Waals surface area contributed by atoms with Crippen molar-refractivity contribution >= 4 is 11.7 Å². The Balaban J connectivity index is 2.13. The predicted molar refractivity (Wildman–Crippen MR) is 75.5 cm³/mol. The van der Waals surface area contributed by atoms with Crippen molar-refractivity contribution in [3.05, 3.63) is 53.1 Å². The van der Waals surface area contributed by atoms with Crippen molar-refractivity contribution in [3.63, 3.8) is 0 Å². The van der Waals surface area contributed by atoms with Crippen molar-refractivity contribution in [1.82, 2.24) is 4.98 Å². The Labute approximate surface area is 121 Å². The maximum Gasteiger partial charge on any atom is 0.340 e. The number of ether oxygens (including phenoxy) is 2. The Morgan fingerprint density at radius 1 is 1.43 bits per heavy atom. The molecule has 2 N–H and O–H groups in total. The first kappa shape index (κ1) is 14.8. The van der Waals surface area contributed by atoms with Gasteiger partial charge in [0.25, 0.3) is 0 Å². The molecule has 1 heterocycles. The molecule has 0 radical (unpaired) electrons. The fourth-order valence-electron chi connectivity index (χ4n) is 1.80. The Hall–Kier alpha value is -2.63. The van der Waals surface area contributed by atoms with Crippen molar-refractivity contribution in [2.75, 3.05) is 12.8 Å². The summed E-state index contributed by atoms with van der Waals surface area (Å²) in [4.78, 5) is 16.0. The number of hydrogen-bond donors (Lipinski definition) is 1. The lowest BCUT2D eigenvalue weighted by atomic mass is 10.2. The van der Waals surface area contributed by atoms with Crippen LogP contribution in [0, 0.1) is 12.7 Å². The lowest BCUT2D eigenvalue weighted by molar-refractivity contribution is 0.0467. The molecule has 0 amide bonds. The van der Waals surface area contributed by atoms with Crippen molar-refractivity contribution in [2.24, 2.45) is 0 Å². The molecule has 0 aliphatic carbocycles. The van der Waals surface area contributed by atoms with E-state index < -0.39 is 11.8 Å². The maximum atomic E-state index is 13.9. The summed E-state index contributed by atoms with van der Waals surface area (Å²) in [6.07, 6.45) is 1.45. The minimum Gasteiger partial charge on any atom is -0.494 e. The Morgan fingerprint density at radius 2 is 2.19 bits per heavy atom.